The number of carbonyl (C=O) groups excluding carboxylic acids is 1. The Balaban J connectivity index is 2.29. The van der Waals surface area contributed by atoms with Gasteiger partial charge in [0.2, 0.25) is 0 Å². The topological polar surface area (TPSA) is 59.3 Å². The monoisotopic (exact) mass is 359 g/mol. The summed E-state index contributed by atoms with van der Waals surface area (Å²) in [6.07, 6.45) is 4.14. The molecule has 25 heavy (non-hydrogen) atoms. The second-order valence-electron chi connectivity index (χ2n) is 6.04. The zero-order valence-corrected chi connectivity index (χ0v) is 14.6. The van der Waals surface area contributed by atoms with Crippen LogP contribution in [0.15, 0.2) is 41.2 Å². The highest BCUT2D eigenvalue weighted by molar-refractivity contribution is 8.02. The number of allylic oxidation sites excluding steroid dienone is 2. The van der Waals surface area contributed by atoms with E-state index in [1.165, 1.54) is 30.8 Å². The molecule has 4 nitrogen and oxygen atoms in total. The summed E-state index contributed by atoms with van der Waals surface area (Å²) in [6, 6.07) is 2.68. The fourth-order valence-electron chi connectivity index (χ4n) is 3.46. The Bertz CT molecular complexity index is 913. The molecule has 0 bridgehead atoms. The first-order valence-corrected chi connectivity index (χ1v) is 8.84. The van der Waals surface area contributed by atoms with Crippen molar-refractivity contribution in [2.75, 3.05) is 0 Å². The van der Waals surface area contributed by atoms with Gasteiger partial charge in [0.25, 0.3) is 0 Å². The number of ketones is 1. The average molecular weight is 359 g/mol. The minimum Gasteiger partial charge on any atom is -0.481 e. The summed E-state index contributed by atoms with van der Waals surface area (Å²) in [5.41, 5.74) is 1.87. The highest BCUT2D eigenvalue weighted by atomic mass is 32.2. The molecule has 0 fully saturated rings. The number of Topliss-reactive ketones (excluding diaryl/α,β-unsaturated/α-hetero) is 1. The molecular formula is C19H18FNO3S. The molecule has 0 radical (unpaired) electrons. The normalized spacial score (nSPS) is 16.5. The van der Waals surface area contributed by atoms with Gasteiger partial charge in [-0.1, -0.05) is 30.5 Å². The van der Waals surface area contributed by atoms with E-state index in [0.29, 0.717) is 29.4 Å². The number of thioether (sulfide) groups is 1. The van der Waals surface area contributed by atoms with Crippen LogP contribution in [0, 0.1) is 5.82 Å². The van der Waals surface area contributed by atoms with Crippen LogP contribution in [0.1, 0.15) is 41.7 Å². The third-order valence-corrected chi connectivity index (χ3v) is 5.35. The number of aliphatic carboxylic acids is 1. The van der Waals surface area contributed by atoms with Gasteiger partial charge in [0.15, 0.2) is 5.78 Å². The van der Waals surface area contributed by atoms with Gasteiger partial charge in [-0.05, 0) is 30.9 Å². The second kappa shape index (κ2) is 6.88. The largest absolute Gasteiger partial charge is 0.481 e. The molecule has 1 aliphatic rings. The first-order valence-electron chi connectivity index (χ1n) is 7.96. The first kappa shape index (κ1) is 17.5. The third kappa shape index (κ3) is 3.14. The summed E-state index contributed by atoms with van der Waals surface area (Å²) < 4.78 is 16.0. The quantitative estimate of drug-likeness (QED) is 0.460. The van der Waals surface area contributed by atoms with E-state index in [0.717, 1.165) is 10.6 Å². The van der Waals surface area contributed by atoms with Crippen molar-refractivity contribution in [1.82, 2.24) is 4.57 Å². The number of benzene rings is 1. The number of nitrogens with zero attached hydrogens (tertiary/aromatic N) is 1. The fourth-order valence-corrected chi connectivity index (χ4v) is 4.52. The van der Waals surface area contributed by atoms with E-state index in [2.05, 4.69) is 6.58 Å². The van der Waals surface area contributed by atoms with Crippen LogP contribution in [0.4, 0.5) is 4.39 Å². The van der Waals surface area contributed by atoms with E-state index < -0.39 is 11.8 Å². The van der Waals surface area contributed by atoms with Crippen molar-refractivity contribution in [3.05, 3.63) is 53.3 Å². The standard InChI is InChI=1S/C19H18FNO3S/c1-3-4-7-25-19-17-14(11(2)22)9-13(20)10-15(17)21-6-5-12(18(19)21)8-16(23)24/h3-4,7,9-10,12H,1,5-6,8H2,2H3,(H,23,24)/b7-4+. The molecule has 0 aliphatic carbocycles. The summed E-state index contributed by atoms with van der Waals surface area (Å²) in [4.78, 5) is 24.1. The minimum atomic E-state index is -0.862. The van der Waals surface area contributed by atoms with Crippen molar-refractivity contribution in [2.45, 2.75) is 37.1 Å². The van der Waals surface area contributed by atoms with Crippen LogP contribution in [-0.4, -0.2) is 21.4 Å². The zero-order valence-electron chi connectivity index (χ0n) is 13.8. The molecule has 1 atom stereocenters. The van der Waals surface area contributed by atoms with Crippen molar-refractivity contribution in [3.8, 4) is 0 Å². The molecule has 2 aromatic rings. The van der Waals surface area contributed by atoms with Gasteiger partial charge in [-0.3, -0.25) is 9.59 Å². The van der Waals surface area contributed by atoms with Crippen LogP contribution >= 0.6 is 11.8 Å². The predicted octanol–water partition coefficient (Wildman–Crippen LogP) is 4.74. The summed E-state index contributed by atoms with van der Waals surface area (Å²) in [7, 11) is 0. The lowest BCUT2D eigenvalue weighted by Gasteiger charge is -2.09. The van der Waals surface area contributed by atoms with E-state index in [9.17, 15) is 19.1 Å². The number of fused-ring (bicyclic) bond motifs is 3. The molecule has 1 aromatic heterocycles. The van der Waals surface area contributed by atoms with E-state index in [1.807, 2.05) is 9.98 Å². The van der Waals surface area contributed by atoms with Crippen LogP contribution < -0.4 is 0 Å². The maximum absolute atomic E-state index is 14.1. The van der Waals surface area contributed by atoms with E-state index in [1.54, 1.807) is 12.2 Å². The Morgan fingerprint density at radius 2 is 2.24 bits per heavy atom. The number of hydrogen-bond acceptors (Lipinski definition) is 3. The number of aromatic nitrogens is 1. The lowest BCUT2D eigenvalue weighted by molar-refractivity contribution is -0.137. The van der Waals surface area contributed by atoms with Crippen LogP contribution in [0.3, 0.4) is 0 Å². The van der Waals surface area contributed by atoms with Crippen LogP contribution in [0.2, 0.25) is 0 Å². The predicted molar refractivity (Wildman–Crippen MR) is 96.7 cm³/mol. The van der Waals surface area contributed by atoms with E-state index >= 15 is 0 Å². The Kier molecular flexibility index (Phi) is 4.81. The summed E-state index contributed by atoms with van der Waals surface area (Å²) in [5, 5.41) is 11.8. The third-order valence-electron chi connectivity index (χ3n) is 4.41. The van der Waals surface area contributed by atoms with Gasteiger partial charge in [-0.15, -0.1) is 0 Å². The summed E-state index contributed by atoms with van der Waals surface area (Å²) in [5.74, 6) is -1.68. The van der Waals surface area contributed by atoms with Gasteiger partial charge in [0.1, 0.15) is 5.82 Å². The number of halogens is 1. The molecule has 1 aromatic carbocycles. The van der Waals surface area contributed by atoms with E-state index in [4.69, 9.17) is 0 Å². The van der Waals surface area contributed by atoms with Crippen molar-refractivity contribution < 1.29 is 19.1 Å². The molecule has 0 saturated carbocycles. The molecular weight excluding hydrogens is 341 g/mol. The molecule has 0 spiro atoms. The molecule has 1 unspecified atom stereocenters. The molecule has 1 aliphatic heterocycles. The Morgan fingerprint density at radius 1 is 1.48 bits per heavy atom. The summed E-state index contributed by atoms with van der Waals surface area (Å²) in [6.45, 7) is 5.68. The van der Waals surface area contributed by atoms with Crippen molar-refractivity contribution in [1.29, 1.82) is 0 Å². The lowest BCUT2D eigenvalue weighted by Crippen LogP contribution is -2.04. The fraction of sp³-hybridized carbons (Fsp3) is 0.263. The van der Waals surface area contributed by atoms with Gasteiger partial charge < -0.3 is 9.67 Å². The number of rotatable bonds is 6. The van der Waals surface area contributed by atoms with E-state index in [-0.39, 0.29) is 18.1 Å². The average Bonchev–Trinajstić information content (AvgIpc) is 3.06. The van der Waals surface area contributed by atoms with Crippen LogP contribution in [0.25, 0.3) is 10.9 Å². The number of carbonyl (C=O) groups is 2. The van der Waals surface area contributed by atoms with Crippen LogP contribution in [-0.2, 0) is 11.3 Å². The Labute approximate surface area is 149 Å². The van der Waals surface area contributed by atoms with Crippen molar-refractivity contribution >= 4 is 34.4 Å². The number of carboxylic acids is 1. The molecule has 2 heterocycles. The van der Waals surface area contributed by atoms with Gasteiger partial charge in [0, 0.05) is 34.0 Å². The highest BCUT2D eigenvalue weighted by Gasteiger charge is 2.32. The van der Waals surface area contributed by atoms with Gasteiger partial charge in [0.05, 0.1) is 11.9 Å². The number of hydrogen-bond donors (Lipinski definition) is 1. The Morgan fingerprint density at radius 3 is 2.88 bits per heavy atom. The zero-order chi connectivity index (χ0) is 18.1. The molecule has 0 amide bonds. The number of aryl methyl sites for hydroxylation is 1. The van der Waals surface area contributed by atoms with Gasteiger partial charge >= 0.3 is 5.97 Å². The lowest BCUT2D eigenvalue weighted by atomic mass is 9.99. The van der Waals surface area contributed by atoms with Gasteiger partial charge in [-0.25, -0.2) is 4.39 Å². The summed E-state index contributed by atoms with van der Waals surface area (Å²) >= 11 is 1.41. The molecule has 6 heteroatoms. The molecule has 0 saturated heterocycles. The smallest absolute Gasteiger partial charge is 0.304 e. The number of carboxylic acid groups (broad SMARTS) is 1. The second-order valence-corrected chi connectivity index (χ2v) is 6.95. The molecule has 3 rings (SSSR count). The highest BCUT2D eigenvalue weighted by Crippen LogP contribution is 2.46. The molecule has 1 N–H and O–H groups in total. The SMILES string of the molecule is C=C/C=C/Sc1c2n(c3cc(F)cc(C(C)=O)c13)CCC2CC(=O)O. The van der Waals surface area contributed by atoms with Gasteiger partial charge in [-0.2, -0.15) is 0 Å². The van der Waals surface area contributed by atoms with Crippen molar-refractivity contribution in [2.24, 2.45) is 0 Å². The molecule has 130 valence electrons. The minimum absolute atomic E-state index is 0.0208. The van der Waals surface area contributed by atoms with Crippen molar-refractivity contribution in [3.63, 3.8) is 0 Å². The maximum atomic E-state index is 14.1. The van der Waals surface area contributed by atoms with Crippen LogP contribution in [0.5, 0.6) is 0 Å². The Hall–Kier alpha value is -2.34. The maximum Gasteiger partial charge on any atom is 0.304 e. The first-order chi connectivity index (χ1) is 11.9.